The van der Waals surface area contributed by atoms with Crippen molar-refractivity contribution in [3.05, 3.63) is 53.8 Å². The Morgan fingerprint density at radius 1 is 1.00 bits per heavy atom. The quantitative estimate of drug-likeness (QED) is 0.467. The molecule has 0 aliphatic rings. The van der Waals surface area contributed by atoms with Gasteiger partial charge in [0.25, 0.3) is 10.0 Å². The molecule has 0 atom stereocenters. The number of carbonyl (C=O) groups excluding carboxylic acids is 2. The Bertz CT molecular complexity index is 987. The summed E-state index contributed by atoms with van der Waals surface area (Å²) >= 11 is 0. The molecule has 0 fully saturated rings. The summed E-state index contributed by atoms with van der Waals surface area (Å²) in [6.45, 7) is 5.08. The fourth-order valence-electron chi connectivity index (χ4n) is 2.77. The smallest absolute Gasteiger partial charge is 0.311 e. The largest absolute Gasteiger partial charge is 0.427 e. The van der Waals surface area contributed by atoms with Crippen molar-refractivity contribution in [2.45, 2.75) is 51.3 Å². The van der Waals surface area contributed by atoms with Crippen molar-refractivity contribution in [1.29, 1.82) is 0 Å². The van der Waals surface area contributed by atoms with Crippen LogP contribution in [-0.2, 0) is 19.6 Å². The first-order valence-corrected chi connectivity index (χ1v) is 10.8. The molecule has 2 aromatic carbocycles. The average Bonchev–Trinajstić information content (AvgIpc) is 2.63. The molecule has 1 amide bonds. The van der Waals surface area contributed by atoms with Crippen molar-refractivity contribution in [1.82, 2.24) is 0 Å². The van der Waals surface area contributed by atoms with Crippen molar-refractivity contribution < 1.29 is 27.1 Å². The number of nitrogens with zero attached hydrogens (tertiary/aromatic N) is 1. The van der Waals surface area contributed by atoms with Gasteiger partial charge in [-0.15, -0.1) is 0 Å². The number of hydrogen-bond acceptors (Lipinski definition) is 5. The zero-order valence-corrected chi connectivity index (χ0v) is 17.5. The lowest BCUT2D eigenvalue weighted by Crippen LogP contribution is -2.37. The van der Waals surface area contributed by atoms with Gasteiger partial charge in [0.1, 0.15) is 11.6 Å². The molecule has 2 aromatic rings. The first-order valence-electron chi connectivity index (χ1n) is 9.35. The van der Waals surface area contributed by atoms with Gasteiger partial charge >= 0.3 is 5.97 Å². The standard InChI is InChI=1S/C21H24FNO5S/c1-4-6-20(24)23(29(26,27)19-13-8-16(22)14-15(19)3)17-9-11-18(12-10-17)28-21(25)7-5-2/h8-14H,4-7H2,1-3H3. The third-order valence-corrected chi connectivity index (χ3v) is 6.01. The maximum absolute atomic E-state index is 13.4. The minimum Gasteiger partial charge on any atom is -0.427 e. The molecule has 0 aliphatic carbocycles. The van der Waals surface area contributed by atoms with Gasteiger partial charge in [-0.25, -0.2) is 17.1 Å². The summed E-state index contributed by atoms with van der Waals surface area (Å²) in [5.41, 5.74) is 0.312. The number of rotatable bonds is 8. The highest BCUT2D eigenvalue weighted by atomic mass is 32.2. The first kappa shape index (κ1) is 22.5. The molecule has 156 valence electrons. The summed E-state index contributed by atoms with van der Waals surface area (Å²) in [4.78, 5) is 24.1. The highest BCUT2D eigenvalue weighted by molar-refractivity contribution is 7.93. The van der Waals surface area contributed by atoms with Crippen LogP contribution in [0.3, 0.4) is 0 Å². The van der Waals surface area contributed by atoms with E-state index in [1.165, 1.54) is 31.2 Å². The van der Waals surface area contributed by atoms with E-state index in [0.29, 0.717) is 17.1 Å². The first-order chi connectivity index (χ1) is 13.7. The summed E-state index contributed by atoms with van der Waals surface area (Å²) in [5.74, 6) is -1.31. The summed E-state index contributed by atoms with van der Waals surface area (Å²) in [7, 11) is -4.26. The van der Waals surface area contributed by atoms with Crippen molar-refractivity contribution in [3.8, 4) is 5.75 Å². The van der Waals surface area contributed by atoms with Crippen LogP contribution in [0.2, 0.25) is 0 Å². The molecule has 6 nitrogen and oxygen atoms in total. The topological polar surface area (TPSA) is 80.8 Å². The average molecular weight is 421 g/mol. The molecule has 0 unspecified atom stereocenters. The lowest BCUT2D eigenvalue weighted by atomic mass is 10.2. The van der Waals surface area contributed by atoms with Gasteiger partial charge in [-0.3, -0.25) is 9.59 Å². The fraction of sp³-hybridized carbons (Fsp3) is 0.333. The van der Waals surface area contributed by atoms with Crippen LogP contribution < -0.4 is 9.04 Å². The molecule has 0 aliphatic heterocycles. The molecule has 29 heavy (non-hydrogen) atoms. The van der Waals surface area contributed by atoms with Gasteiger partial charge in [0.05, 0.1) is 10.6 Å². The number of hydrogen-bond donors (Lipinski definition) is 0. The zero-order valence-electron chi connectivity index (χ0n) is 16.6. The van der Waals surface area contributed by atoms with Crippen molar-refractivity contribution in [2.24, 2.45) is 0 Å². The Balaban J connectivity index is 2.45. The molecule has 0 N–H and O–H groups in total. The molecule has 8 heteroatoms. The summed E-state index contributed by atoms with van der Waals surface area (Å²) < 4.78 is 45.8. The Morgan fingerprint density at radius 2 is 1.62 bits per heavy atom. The van der Waals surface area contributed by atoms with Gasteiger partial charge in [-0.1, -0.05) is 13.8 Å². The lowest BCUT2D eigenvalue weighted by Gasteiger charge is -2.23. The number of sulfonamides is 1. The molecule has 0 bridgehead atoms. The van der Waals surface area contributed by atoms with E-state index in [2.05, 4.69) is 0 Å². The molecule has 0 radical (unpaired) electrons. The highest BCUT2D eigenvalue weighted by Gasteiger charge is 2.31. The van der Waals surface area contributed by atoms with Crippen molar-refractivity contribution in [3.63, 3.8) is 0 Å². The summed E-state index contributed by atoms with van der Waals surface area (Å²) in [6, 6.07) is 8.96. The van der Waals surface area contributed by atoms with Crippen LogP contribution in [0.5, 0.6) is 5.75 Å². The number of anilines is 1. The number of amides is 1. The molecular weight excluding hydrogens is 397 g/mol. The number of carbonyl (C=O) groups is 2. The van der Waals surface area contributed by atoms with Crippen LogP contribution >= 0.6 is 0 Å². The fourth-order valence-corrected chi connectivity index (χ4v) is 4.43. The molecule has 0 saturated heterocycles. The van der Waals surface area contributed by atoms with E-state index in [9.17, 15) is 22.4 Å². The number of aryl methyl sites for hydroxylation is 1. The van der Waals surface area contributed by atoms with Crippen LogP contribution in [0.25, 0.3) is 0 Å². The number of halogens is 1. The van der Waals surface area contributed by atoms with Gasteiger partial charge in [0.15, 0.2) is 0 Å². The number of esters is 1. The molecule has 0 spiro atoms. The SMILES string of the molecule is CCCC(=O)Oc1ccc(N(C(=O)CCC)S(=O)(=O)c2ccc(F)cc2C)cc1. The third kappa shape index (κ3) is 5.41. The van der Waals surface area contributed by atoms with E-state index < -0.39 is 27.7 Å². The van der Waals surface area contributed by atoms with Crippen molar-refractivity contribution >= 4 is 27.6 Å². The Morgan fingerprint density at radius 3 is 2.17 bits per heavy atom. The molecule has 0 heterocycles. The van der Waals surface area contributed by atoms with Gasteiger partial charge in [-0.2, -0.15) is 0 Å². The van der Waals surface area contributed by atoms with Crippen LogP contribution in [-0.4, -0.2) is 20.3 Å². The predicted octanol–water partition coefficient (Wildman–Crippen LogP) is 4.36. The van der Waals surface area contributed by atoms with E-state index >= 15 is 0 Å². The number of ether oxygens (including phenoxy) is 1. The Kier molecular flexibility index (Phi) is 7.50. The van der Waals surface area contributed by atoms with Crippen molar-refractivity contribution in [2.75, 3.05) is 4.31 Å². The van der Waals surface area contributed by atoms with Crippen LogP contribution in [0, 0.1) is 12.7 Å². The summed E-state index contributed by atoms with van der Waals surface area (Å²) in [5, 5.41) is 0. The minimum atomic E-state index is -4.26. The van der Waals surface area contributed by atoms with E-state index in [-0.39, 0.29) is 34.7 Å². The predicted molar refractivity (Wildman–Crippen MR) is 108 cm³/mol. The monoisotopic (exact) mass is 421 g/mol. The van der Waals surface area contributed by atoms with E-state index in [4.69, 9.17) is 4.74 Å². The van der Waals surface area contributed by atoms with E-state index in [1.807, 2.05) is 6.92 Å². The maximum atomic E-state index is 13.4. The van der Waals surface area contributed by atoms with Gasteiger partial charge in [-0.05, 0) is 67.8 Å². The molecule has 0 aromatic heterocycles. The van der Waals surface area contributed by atoms with Crippen LogP contribution in [0.4, 0.5) is 10.1 Å². The molecular formula is C21H24FNO5S. The second kappa shape index (κ2) is 9.65. The van der Waals surface area contributed by atoms with E-state index in [0.717, 1.165) is 18.2 Å². The van der Waals surface area contributed by atoms with E-state index in [1.54, 1.807) is 6.92 Å². The second-order valence-electron chi connectivity index (χ2n) is 6.54. The lowest BCUT2D eigenvalue weighted by molar-refractivity contribution is -0.134. The Hall–Kier alpha value is -2.74. The maximum Gasteiger partial charge on any atom is 0.311 e. The molecule has 2 rings (SSSR count). The highest BCUT2D eigenvalue weighted by Crippen LogP contribution is 2.29. The Labute approximate surface area is 170 Å². The third-order valence-electron chi connectivity index (χ3n) is 4.10. The molecule has 0 saturated carbocycles. The second-order valence-corrected chi connectivity index (χ2v) is 8.30. The van der Waals surface area contributed by atoms with Gasteiger partial charge in [0, 0.05) is 12.8 Å². The van der Waals surface area contributed by atoms with Gasteiger partial charge < -0.3 is 4.74 Å². The zero-order chi connectivity index (χ0) is 21.6. The minimum absolute atomic E-state index is 0.0205. The summed E-state index contributed by atoms with van der Waals surface area (Å²) in [6.07, 6.45) is 1.39. The van der Waals surface area contributed by atoms with Gasteiger partial charge in [0.2, 0.25) is 5.91 Å². The normalized spacial score (nSPS) is 11.2. The van der Waals surface area contributed by atoms with Crippen LogP contribution in [0.1, 0.15) is 45.1 Å². The number of benzene rings is 2. The van der Waals surface area contributed by atoms with Crippen LogP contribution in [0.15, 0.2) is 47.4 Å².